The molecule has 0 bridgehead atoms. The van der Waals surface area contributed by atoms with E-state index in [1.54, 1.807) is 6.08 Å². The number of benzene rings is 1. The van der Waals surface area contributed by atoms with E-state index in [9.17, 15) is 13.2 Å². The molecule has 2 atom stereocenters. The summed E-state index contributed by atoms with van der Waals surface area (Å²) in [6.07, 6.45) is 6.16. The van der Waals surface area contributed by atoms with E-state index in [1.165, 1.54) is 16.1 Å². The first kappa shape index (κ1) is 23.0. The lowest BCUT2D eigenvalue weighted by Gasteiger charge is -2.38. The predicted octanol–water partition coefficient (Wildman–Crippen LogP) is 4.37. The number of sulfonamides is 1. The van der Waals surface area contributed by atoms with Crippen molar-refractivity contribution < 1.29 is 13.2 Å². The van der Waals surface area contributed by atoms with E-state index >= 15 is 0 Å². The van der Waals surface area contributed by atoms with Crippen LogP contribution in [-0.4, -0.2) is 49.2 Å². The van der Waals surface area contributed by atoms with Crippen molar-refractivity contribution in [1.29, 1.82) is 0 Å². The number of carbonyl (C=O) groups is 1. The zero-order chi connectivity index (χ0) is 21.7. The quantitative estimate of drug-likeness (QED) is 0.694. The summed E-state index contributed by atoms with van der Waals surface area (Å²) in [7, 11) is -3.46. The molecule has 6 heteroatoms. The van der Waals surface area contributed by atoms with Crippen LogP contribution in [0, 0.1) is 17.8 Å². The fourth-order valence-corrected chi connectivity index (χ4v) is 5.88. The maximum atomic E-state index is 13.3. The van der Waals surface area contributed by atoms with E-state index in [2.05, 4.69) is 25.7 Å². The molecule has 1 aromatic carbocycles. The third-order valence-corrected chi connectivity index (χ3v) is 8.23. The lowest BCUT2D eigenvalue weighted by molar-refractivity contribution is -0.140. The largest absolute Gasteiger partial charge is 0.339 e. The molecule has 0 spiro atoms. The lowest BCUT2D eigenvalue weighted by Crippen LogP contribution is -2.48. The molecule has 0 saturated carbocycles. The zero-order valence-corrected chi connectivity index (χ0v) is 19.4. The SMILES string of the molecule is CC1CCC(C(C)C)N(C(=O)C2CCN(S(=O)(=O)/C=C/c3ccccc3)CC2)CC1. The van der Waals surface area contributed by atoms with Crippen molar-refractivity contribution in [3.8, 4) is 0 Å². The molecule has 2 aliphatic heterocycles. The van der Waals surface area contributed by atoms with Crippen LogP contribution in [0.5, 0.6) is 0 Å². The van der Waals surface area contributed by atoms with Crippen LogP contribution in [0.4, 0.5) is 0 Å². The number of hydrogen-bond donors (Lipinski definition) is 0. The zero-order valence-electron chi connectivity index (χ0n) is 18.5. The van der Waals surface area contributed by atoms with Crippen LogP contribution in [0.2, 0.25) is 0 Å². The van der Waals surface area contributed by atoms with Crippen molar-refractivity contribution in [2.75, 3.05) is 19.6 Å². The van der Waals surface area contributed by atoms with E-state index in [0.29, 0.717) is 43.8 Å². The average Bonchev–Trinajstić information content (AvgIpc) is 2.94. The van der Waals surface area contributed by atoms with Gasteiger partial charge in [-0.3, -0.25) is 4.79 Å². The number of amides is 1. The van der Waals surface area contributed by atoms with Gasteiger partial charge in [0.25, 0.3) is 0 Å². The first-order valence-electron chi connectivity index (χ1n) is 11.3. The van der Waals surface area contributed by atoms with Gasteiger partial charge >= 0.3 is 0 Å². The fraction of sp³-hybridized carbons (Fsp3) is 0.625. The second-order valence-corrected chi connectivity index (χ2v) is 11.1. The minimum absolute atomic E-state index is 0.0655. The monoisotopic (exact) mass is 432 g/mol. The van der Waals surface area contributed by atoms with Crippen molar-refractivity contribution in [2.24, 2.45) is 17.8 Å². The minimum Gasteiger partial charge on any atom is -0.339 e. The Morgan fingerprint density at radius 3 is 2.30 bits per heavy atom. The highest BCUT2D eigenvalue weighted by Crippen LogP contribution is 2.30. The topological polar surface area (TPSA) is 57.7 Å². The molecule has 1 aromatic rings. The molecule has 1 amide bonds. The Morgan fingerprint density at radius 1 is 1.00 bits per heavy atom. The minimum atomic E-state index is -3.46. The molecule has 3 rings (SSSR count). The van der Waals surface area contributed by atoms with Crippen molar-refractivity contribution in [2.45, 2.75) is 58.9 Å². The van der Waals surface area contributed by atoms with Gasteiger partial charge in [-0.2, -0.15) is 4.31 Å². The van der Waals surface area contributed by atoms with Crippen molar-refractivity contribution >= 4 is 22.0 Å². The molecule has 30 heavy (non-hydrogen) atoms. The standard InChI is InChI=1S/C24H36N2O3S/c1-19(2)23-10-9-20(3)11-17-26(23)24(27)22-12-15-25(16-13-22)30(28,29)18-14-21-7-5-4-6-8-21/h4-8,14,18-20,22-23H,9-13,15-17H2,1-3H3/b18-14+. The van der Waals surface area contributed by atoms with Gasteiger partial charge in [0.1, 0.15) is 0 Å². The lowest BCUT2D eigenvalue weighted by atomic mass is 9.92. The van der Waals surface area contributed by atoms with E-state index < -0.39 is 10.0 Å². The third-order valence-electron chi connectivity index (χ3n) is 6.67. The van der Waals surface area contributed by atoms with Crippen LogP contribution in [0.1, 0.15) is 58.4 Å². The molecule has 166 valence electrons. The van der Waals surface area contributed by atoms with Gasteiger partial charge in [-0.05, 0) is 55.6 Å². The molecular formula is C24H36N2O3S. The molecule has 2 fully saturated rings. The van der Waals surface area contributed by atoms with Crippen molar-refractivity contribution in [3.05, 3.63) is 41.3 Å². The maximum absolute atomic E-state index is 13.3. The number of piperidine rings is 1. The van der Waals surface area contributed by atoms with Crippen molar-refractivity contribution in [1.82, 2.24) is 9.21 Å². The summed E-state index contributed by atoms with van der Waals surface area (Å²) in [5.74, 6) is 1.28. The number of hydrogen-bond acceptors (Lipinski definition) is 3. The summed E-state index contributed by atoms with van der Waals surface area (Å²) < 4.78 is 26.9. The smallest absolute Gasteiger partial charge is 0.236 e. The summed E-state index contributed by atoms with van der Waals surface area (Å²) in [6.45, 7) is 8.34. The molecule has 5 nitrogen and oxygen atoms in total. The highest BCUT2D eigenvalue weighted by molar-refractivity contribution is 7.92. The van der Waals surface area contributed by atoms with Crippen LogP contribution in [0.3, 0.4) is 0 Å². The molecule has 0 aliphatic carbocycles. The van der Waals surface area contributed by atoms with Gasteiger partial charge in [0, 0.05) is 37.0 Å². The summed E-state index contributed by atoms with van der Waals surface area (Å²) >= 11 is 0. The van der Waals surface area contributed by atoms with E-state index in [1.807, 2.05) is 30.3 Å². The maximum Gasteiger partial charge on any atom is 0.236 e. The van der Waals surface area contributed by atoms with Gasteiger partial charge < -0.3 is 4.90 Å². The van der Waals surface area contributed by atoms with Gasteiger partial charge in [0.2, 0.25) is 15.9 Å². The Labute approximate surface area is 182 Å². The molecule has 0 radical (unpaired) electrons. The molecule has 2 heterocycles. The fourth-order valence-electron chi connectivity index (χ4n) is 4.65. The highest BCUT2D eigenvalue weighted by Gasteiger charge is 2.36. The molecule has 2 saturated heterocycles. The van der Waals surface area contributed by atoms with Crippen molar-refractivity contribution in [3.63, 3.8) is 0 Å². The second-order valence-electron chi connectivity index (χ2n) is 9.25. The average molecular weight is 433 g/mol. The van der Waals surface area contributed by atoms with E-state index in [-0.39, 0.29) is 11.8 Å². The predicted molar refractivity (Wildman–Crippen MR) is 122 cm³/mol. The summed E-state index contributed by atoms with van der Waals surface area (Å²) in [5.41, 5.74) is 0.862. The van der Waals surface area contributed by atoms with Crippen LogP contribution in [0.15, 0.2) is 35.7 Å². The van der Waals surface area contributed by atoms with Crippen LogP contribution >= 0.6 is 0 Å². The van der Waals surface area contributed by atoms with Gasteiger partial charge in [-0.15, -0.1) is 0 Å². The van der Waals surface area contributed by atoms with Gasteiger partial charge in [-0.1, -0.05) is 51.1 Å². The molecule has 2 aliphatic rings. The Morgan fingerprint density at radius 2 is 1.67 bits per heavy atom. The first-order valence-corrected chi connectivity index (χ1v) is 12.8. The Balaban J connectivity index is 1.61. The Kier molecular flexibility index (Phi) is 7.75. The van der Waals surface area contributed by atoms with E-state index in [0.717, 1.165) is 24.9 Å². The Bertz CT molecular complexity index is 827. The van der Waals surface area contributed by atoms with Gasteiger partial charge in [0.15, 0.2) is 0 Å². The second kappa shape index (κ2) is 10.1. The molecular weight excluding hydrogens is 396 g/mol. The van der Waals surface area contributed by atoms with Crippen LogP contribution < -0.4 is 0 Å². The van der Waals surface area contributed by atoms with Gasteiger partial charge in [0.05, 0.1) is 0 Å². The van der Waals surface area contributed by atoms with Crippen LogP contribution in [0.25, 0.3) is 6.08 Å². The third kappa shape index (κ3) is 5.73. The van der Waals surface area contributed by atoms with Crippen LogP contribution in [-0.2, 0) is 14.8 Å². The van der Waals surface area contributed by atoms with E-state index in [4.69, 9.17) is 0 Å². The molecule has 2 unspecified atom stereocenters. The molecule has 0 N–H and O–H groups in total. The molecule has 0 aromatic heterocycles. The normalized spacial score (nSPS) is 25.0. The number of nitrogens with zero attached hydrogens (tertiary/aromatic N) is 2. The summed E-state index contributed by atoms with van der Waals surface area (Å²) in [4.78, 5) is 15.5. The number of rotatable bonds is 5. The van der Waals surface area contributed by atoms with Gasteiger partial charge in [-0.25, -0.2) is 8.42 Å². The Hall–Kier alpha value is -1.66. The summed E-state index contributed by atoms with van der Waals surface area (Å²) in [6, 6.07) is 9.74. The number of likely N-dealkylation sites (tertiary alicyclic amines) is 1. The highest BCUT2D eigenvalue weighted by atomic mass is 32.2. The number of carbonyl (C=O) groups excluding carboxylic acids is 1. The first-order chi connectivity index (χ1) is 14.3. The summed E-state index contributed by atoms with van der Waals surface area (Å²) in [5, 5.41) is 1.29.